The summed E-state index contributed by atoms with van der Waals surface area (Å²) in [5.41, 5.74) is 7.93. The quantitative estimate of drug-likeness (QED) is 0.830. The van der Waals surface area contributed by atoms with Crippen molar-refractivity contribution in [2.75, 3.05) is 12.3 Å². The van der Waals surface area contributed by atoms with Crippen molar-refractivity contribution in [2.24, 2.45) is 0 Å². The van der Waals surface area contributed by atoms with E-state index in [1.807, 2.05) is 31.2 Å². The molecule has 2 N–H and O–H groups in total. The fraction of sp³-hybridized carbons (Fsp3) is 0.200. The van der Waals surface area contributed by atoms with E-state index in [2.05, 4.69) is 0 Å². The Kier molecular flexibility index (Phi) is 3.82. The van der Waals surface area contributed by atoms with Crippen LogP contribution >= 0.6 is 0 Å². The molecule has 0 bridgehead atoms. The van der Waals surface area contributed by atoms with Gasteiger partial charge in [0.15, 0.2) is 0 Å². The van der Waals surface area contributed by atoms with Crippen molar-refractivity contribution < 1.29 is 9.13 Å². The summed E-state index contributed by atoms with van der Waals surface area (Å²) in [5, 5.41) is 0. The Labute approximate surface area is 106 Å². The summed E-state index contributed by atoms with van der Waals surface area (Å²) >= 11 is 0. The molecule has 0 radical (unpaired) electrons. The lowest BCUT2D eigenvalue weighted by atomic mass is 10.0. The monoisotopic (exact) mass is 245 g/mol. The van der Waals surface area contributed by atoms with Crippen LogP contribution in [-0.4, -0.2) is 6.61 Å². The van der Waals surface area contributed by atoms with Crippen molar-refractivity contribution in [1.29, 1.82) is 0 Å². The van der Waals surface area contributed by atoms with Gasteiger partial charge in [-0.3, -0.25) is 0 Å². The van der Waals surface area contributed by atoms with Crippen molar-refractivity contribution in [2.45, 2.75) is 13.3 Å². The molecule has 0 saturated heterocycles. The zero-order valence-electron chi connectivity index (χ0n) is 10.3. The molecule has 18 heavy (non-hydrogen) atoms. The fourth-order valence-corrected chi connectivity index (χ4v) is 1.79. The van der Waals surface area contributed by atoms with Crippen molar-refractivity contribution in [3.8, 4) is 16.9 Å². The maximum atomic E-state index is 13.3. The number of hydrogen-bond acceptors (Lipinski definition) is 2. The molecule has 0 amide bonds. The van der Waals surface area contributed by atoms with Gasteiger partial charge in [-0.15, -0.1) is 0 Å². The Hall–Kier alpha value is -2.03. The minimum absolute atomic E-state index is 0.301. The van der Waals surface area contributed by atoms with Gasteiger partial charge in [0.2, 0.25) is 0 Å². The first-order valence-corrected chi connectivity index (χ1v) is 5.99. The van der Waals surface area contributed by atoms with Crippen LogP contribution in [0.5, 0.6) is 5.75 Å². The Balaban J connectivity index is 2.46. The summed E-state index contributed by atoms with van der Waals surface area (Å²) in [6.07, 6.45) is 0.924. The van der Waals surface area contributed by atoms with E-state index < -0.39 is 0 Å². The van der Waals surface area contributed by atoms with Crippen LogP contribution in [0, 0.1) is 5.82 Å². The summed E-state index contributed by atoms with van der Waals surface area (Å²) in [4.78, 5) is 0. The zero-order valence-corrected chi connectivity index (χ0v) is 10.3. The predicted octanol–water partition coefficient (Wildman–Crippen LogP) is 3.86. The van der Waals surface area contributed by atoms with Crippen molar-refractivity contribution in [1.82, 2.24) is 0 Å². The smallest absolute Gasteiger partial charge is 0.127 e. The Bertz CT molecular complexity index is 540. The van der Waals surface area contributed by atoms with E-state index >= 15 is 0 Å². The minimum atomic E-state index is -0.301. The van der Waals surface area contributed by atoms with E-state index in [9.17, 15) is 4.39 Å². The molecule has 0 aliphatic heterocycles. The number of benzene rings is 2. The highest BCUT2D eigenvalue weighted by atomic mass is 19.1. The molecule has 0 aliphatic rings. The van der Waals surface area contributed by atoms with Gasteiger partial charge in [-0.1, -0.05) is 25.1 Å². The molecular formula is C15H16FNO. The van der Waals surface area contributed by atoms with E-state index in [-0.39, 0.29) is 5.82 Å². The number of anilines is 1. The number of halogens is 1. The van der Waals surface area contributed by atoms with Crippen LogP contribution in [0.15, 0.2) is 42.5 Å². The zero-order chi connectivity index (χ0) is 13.0. The molecule has 0 atom stereocenters. The maximum absolute atomic E-state index is 13.3. The van der Waals surface area contributed by atoms with Gasteiger partial charge >= 0.3 is 0 Å². The van der Waals surface area contributed by atoms with Crippen molar-refractivity contribution in [3.05, 3.63) is 48.3 Å². The summed E-state index contributed by atoms with van der Waals surface area (Å²) in [6, 6.07) is 11.9. The Morgan fingerprint density at radius 3 is 2.67 bits per heavy atom. The van der Waals surface area contributed by atoms with Crippen molar-refractivity contribution >= 4 is 5.69 Å². The number of rotatable bonds is 4. The molecule has 0 aromatic heterocycles. The summed E-state index contributed by atoms with van der Waals surface area (Å²) in [5.74, 6) is 0.432. The topological polar surface area (TPSA) is 35.2 Å². The van der Waals surface area contributed by atoms with E-state index in [0.717, 1.165) is 17.7 Å². The highest BCUT2D eigenvalue weighted by molar-refractivity contribution is 5.80. The van der Waals surface area contributed by atoms with Crippen LogP contribution in [0.25, 0.3) is 11.1 Å². The van der Waals surface area contributed by atoms with Crippen LogP contribution < -0.4 is 10.5 Å². The molecule has 0 aliphatic carbocycles. The molecule has 2 rings (SSSR count). The molecule has 3 heteroatoms. The molecule has 2 aromatic carbocycles. The third-order valence-electron chi connectivity index (χ3n) is 2.65. The van der Waals surface area contributed by atoms with Crippen LogP contribution in [0.1, 0.15) is 13.3 Å². The van der Waals surface area contributed by atoms with Gasteiger partial charge in [0, 0.05) is 16.8 Å². The Morgan fingerprint density at radius 2 is 1.89 bits per heavy atom. The number of ether oxygens (including phenoxy) is 1. The van der Waals surface area contributed by atoms with Gasteiger partial charge in [-0.25, -0.2) is 4.39 Å². The third-order valence-corrected chi connectivity index (χ3v) is 2.65. The standard InChI is InChI=1S/C15H16FNO/c1-2-9-18-15-6-4-3-5-12(15)13-10-11(16)7-8-14(13)17/h3-8,10H,2,9,17H2,1H3. The largest absolute Gasteiger partial charge is 0.493 e. The highest BCUT2D eigenvalue weighted by Gasteiger charge is 2.09. The number of nitrogens with two attached hydrogens (primary N) is 1. The van der Waals surface area contributed by atoms with Gasteiger partial charge in [0.25, 0.3) is 0 Å². The lowest BCUT2D eigenvalue weighted by Gasteiger charge is -2.12. The second-order valence-electron chi connectivity index (χ2n) is 4.08. The van der Waals surface area contributed by atoms with E-state index in [4.69, 9.17) is 10.5 Å². The molecule has 94 valence electrons. The third kappa shape index (κ3) is 2.62. The molecule has 0 fully saturated rings. The van der Waals surface area contributed by atoms with Crippen LogP contribution in [0.4, 0.5) is 10.1 Å². The average Bonchev–Trinajstić information content (AvgIpc) is 2.39. The molecular weight excluding hydrogens is 229 g/mol. The lowest BCUT2D eigenvalue weighted by Crippen LogP contribution is -1.98. The fourth-order valence-electron chi connectivity index (χ4n) is 1.79. The van der Waals surface area contributed by atoms with Gasteiger partial charge < -0.3 is 10.5 Å². The predicted molar refractivity (Wildman–Crippen MR) is 72.0 cm³/mol. The Morgan fingerprint density at radius 1 is 1.11 bits per heavy atom. The average molecular weight is 245 g/mol. The van der Waals surface area contributed by atoms with Crippen LogP contribution in [-0.2, 0) is 0 Å². The van der Waals surface area contributed by atoms with Gasteiger partial charge in [-0.05, 0) is 30.7 Å². The lowest BCUT2D eigenvalue weighted by molar-refractivity contribution is 0.318. The number of nitrogen functional groups attached to an aromatic ring is 1. The van der Waals surface area contributed by atoms with Crippen LogP contribution in [0.2, 0.25) is 0 Å². The summed E-state index contributed by atoms with van der Waals surface area (Å²) in [6.45, 7) is 2.67. The second-order valence-corrected chi connectivity index (χ2v) is 4.08. The van der Waals surface area contributed by atoms with Gasteiger partial charge in [-0.2, -0.15) is 0 Å². The normalized spacial score (nSPS) is 10.3. The molecule has 2 nitrogen and oxygen atoms in total. The first-order valence-electron chi connectivity index (χ1n) is 5.99. The van der Waals surface area contributed by atoms with E-state index in [0.29, 0.717) is 17.9 Å². The molecule has 0 unspecified atom stereocenters. The molecule has 0 heterocycles. The summed E-state index contributed by atoms with van der Waals surface area (Å²) in [7, 11) is 0. The van der Waals surface area contributed by atoms with Crippen LogP contribution in [0.3, 0.4) is 0 Å². The first kappa shape index (κ1) is 12.4. The number of hydrogen-bond donors (Lipinski definition) is 1. The number of para-hydroxylation sites is 1. The van der Waals surface area contributed by atoms with E-state index in [1.54, 1.807) is 6.07 Å². The summed E-state index contributed by atoms with van der Waals surface area (Å²) < 4.78 is 19.0. The first-order chi connectivity index (χ1) is 8.72. The minimum Gasteiger partial charge on any atom is -0.493 e. The second kappa shape index (κ2) is 5.54. The van der Waals surface area contributed by atoms with E-state index in [1.165, 1.54) is 12.1 Å². The highest BCUT2D eigenvalue weighted by Crippen LogP contribution is 2.34. The van der Waals surface area contributed by atoms with Gasteiger partial charge in [0.05, 0.1) is 6.61 Å². The molecule has 0 saturated carbocycles. The SMILES string of the molecule is CCCOc1ccccc1-c1cc(F)ccc1N. The van der Waals surface area contributed by atoms with Gasteiger partial charge in [0.1, 0.15) is 11.6 Å². The maximum Gasteiger partial charge on any atom is 0.127 e. The van der Waals surface area contributed by atoms with Crippen molar-refractivity contribution in [3.63, 3.8) is 0 Å². The molecule has 2 aromatic rings. The molecule has 0 spiro atoms.